The van der Waals surface area contributed by atoms with Crippen molar-refractivity contribution in [3.05, 3.63) is 0 Å². The summed E-state index contributed by atoms with van der Waals surface area (Å²) >= 11 is 0. The summed E-state index contributed by atoms with van der Waals surface area (Å²) in [7, 11) is 0. The lowest BCUT2D eigenvalue weighted by atomic mass is 10.00. The monoisotopic (exact) mass is 182 g/mol. The highest BCUT2D eigenvalue weighted by atomic mass is 16.1. The Morgan fingerprint density at radius 2 is 2.00 bits per heavy atom. The standard InChI is InChI=1S/C10H18N2O/c1-2-10(13)12-9-5-7-3-4-8(6-9)11-7/h7-9,11H,2-6H2,1H3,(H,12,13)/t7-,8+,9?. The van der Waals surface area contributed by atoms with Crippen LogP contribution in [-0.2, 0) is 4.79 Å². The second kappa shape index (κ2) is 3.66. The van der Waals surface area contributed by atoms with E-state index in [2.05, 4.69) is 10.6 Å². The summed E-state index contributed by atoms with van der Waals surface area (Å²) in [6, 6.07) is 1.77. The number of hydrogen-bond donors (Lipinski definition) is 2. The number of fused-ring (bicyclic) bond motifs is 2. The zero-order chi connectivity index (χ0) is 9.26. The van der Waals surface area contributed by atoms with E-state index in [0.29, 0.717) is 24.5 Å². The molecule has 2 aliphatic heterocycles. The van der Waals surface area contributed by atoms with Crippen LogP contribution < -0.4 is 10.6 Å². The van der Waals surface area contributed by atoms with Crippen LogP contribution in [0.5, 0.6) is 0 Å². The molecule has 0 aliphatic carbocycles. The van der Waals surface area contributed by atoms with Crippen LogP contribution in [0, 0.1) is 0 Å². The van der Waals surface area contributed by atoms with E-state index in [1.165, 1.54) is 12.8 Å². The molecule has 2 saturated heterocycles. The zero-order valence-corrected chi connectivity index (χ0v) is 8.18. The van der Waals surface area contributed by atoms with Crippen molar-refractivity contribution in [3.8, 4) is 0 Å². The van der Waals surface area contributed by atoms with Gasteiger partial charge in [0.25, 0.3) is 0 Å². The Kier molecular flexibility index (Phi) is 2.54. The van der Waals surface area contributed by atoms with Crippen LogP contribution in [0.2, 0.25) is 0 Å². The Morgan fingerprint density at radius 3 is 2.54 bits per heavy atom. The largest absolute Gasteiger partial charge is 0.353 e. The average molecular weight is 182 g/mol. The van der Waals surface area contributed by atoms with E-state index in [1.807, 2.05) is 6.92 Å². The molecule has 2 fully saturated rings. The number of rotatable bonds is 2. The molecule has 0 radical (unpaired) electrons. The molecule has 2 aliphatic rings. The molecule has 3 heteroatoms. The lowest BCUT2D eigenvalue weighted by molar-refractivity contribution is -0.121. The fourth-order valence-corrected chi connectivity index (χ4v) is 2.50. The molecule has 2 heterocycles. The van der Waals surface area contributed by atoms with Crippen LogP contribution in [0.1, 0.15) is 39.0 Å². The third-order valence-corrected chi connectivity index (χ3v) is 3.16. The highest BCUT2D eigenvalue weighted by Crippen LogP contribution is 2.26. The van der Waals surface area contributed by atoms with Gasteiger partial charge in [0.1, 0.15) is 0 Å². The van der Waals surface area contributed by atoms with Crippen molar-refractivity contribution in [1.29, 1.82) is 0 Å². The van der Waals surface area contributed by atoms with Crippen molar-refractivity contribution in [2.75, 3.05) is 0 Å². The summed E-state index contributed by atoms with van der Waals surface area (Å²) < 4.78 is 0. The summed E-state index contributed by atoms with van der Waals surface area (Å²) in [5.74, 6) is 0.200. The second-order valence-electron chi connectivity index (χ2n) is 4.23. The molecule has 13 heavy (non-hydrogen) atoms. The van der Waals surface area contributed by atoms with Crippen molar-refractivity contribution >= 4 is 5.91 Å². The first kappa shape index (κ1) is 9.00. The van der Waals surface area contributed by atoms with E-state index in [0.717, 1.165) is 12.8 Å². The van der Waals surface area contributed by atoms with Crippen LogP contribution >= 0.6 is 0 Å². The maximum Gasteiger partial charge on any atom is 0.219 e. The molecule has 0 spiro atoms. The first-order valence-corrected chi connectivity index (χ1v) is 5.33. The Hall–Kier alpha value is -0.570. The van der Waals surface area contributed by atoms with E-state index in [-0.39, 0.29) is 5.91 Å². The normalized spacial score (nSPS) is 37.5. The van der Waals surface area contributed by atoms with Crippen LogP contribution in [-0.4, -0.2) is 24.0 Å². The molecule has 0 aromatic carbocycles. The fraction of sp³-hybridized carbons (Fsp3) is 0.900. The Bertz CT molecular complexity index is 193. The van der Waals surface area contributed by atoms with Crippen LogP contribution in [0.25, 0.3) is 0 Å². The molecule has 0 aromatic rings. The summed E-state index contributed by atoms with van der Waals surface area (Å²) in [6.07, 6.45) is 5.45. The Labute approximate surface area is 79.3 Å². The van der Waals surface area contributed by atoms with Gasteiger partial charge in [-0.25, -0.2) is 0 Å². The molecular formula is C10H18N2O. The predicted molar refractivity (Wildman–Crippen MR) is 51.4 cm³/mol. The van der Waals surface area contributed by atoms with Gasteiger partial charge in [-0.2, -0.15) is 0 Å². The highest BCUT2D eigenvalue weighted by Gasteiger charge is 2.33. The first-order chi connectivity index (χ1) is 6.28. The maximum absolute atomic E-state index is 11.2. The van der Waals surface area contributed by atoms with Gasteiger partial charge < -0.3 is 10.6 Å². The Balaban J connectivity index is 1.85. The van der Waals surface area contributed by atoms with E-state index in [4.69, 9.17) is 0 Å². The molecular weight excluding hydrogens is 164 g/mol. The average Bonchev–Trinajstić information content (AvgIpc) is 2.46. The molecule has 74 valence electrons. The molecule has 3 atom stereocenters. The molecule has 0 saturated carbocycles. The van der Waals surface area contributed by atoms with Crippen molar-refractivity contribution in [3.63, 3.8) is 0 Å². The third kappa shape index (κ3) is 2.02. The van der Waals surface area contributed by atoms with Crippen molar-refractivity contribution in [2.45, 2.75) is 57.2 Å². The van der Waals surface area contributed by atoms with Crippen LogP contribution in [0.4, 0.5) is 0 Å². The maximum atomic E-state index is 11.2. The van der Waals surface area contributed by atoms with E-state index >= 15 is 0 Å². The number of carbonyl (C=O) groups excluding carboxylic acids is 1. The van der Waals surface area contributed by atoms with E-state index < -0.39 is 0 Å². The van der Waals surface area contributed by atoms with Crippen LogP contribution in [0.3, 0.4) is 0 Å². The van der Waals surface area contributed by atoms with E-state index in [1.54, 1.807) is 0 Å². The van der Waals surface area contributed by atoms with Gasteiger partial charge in [0.15, 0.2) is 0 Å². The summed E-state index contributed by atoms with van der Waals surface area (Å²) in [5, 5.41) is 6.65. The van der Waals surface area contributed by atoms with Gasteiger partial charge in [0.05, 0.1) is 0 Å². The van der Waals surface area contributed by atoms with Gasteiger partial charge in [0, 0.05) is 24.5 Å². The molecule has 1 unspecified atom stereocenters. The molecule has 1 amide bonds. The van der Waals surface area contributed by atoms with E-state index in [9.17, 15) is 4.79 Å². The SMILES string of the molecule is CCC(=O)NC1C[C@H]2CC[C@@H](C1)N2. The predicted octanol–water partition coefficient (Wildman–Crippen LogP) is 0.796. The zero-order valence-electron chi connectivity index (χ0n) is 8.18. The molecule has 0 aromatic heterocycles. The topological polar surface area (TPSA) is 41.1 Å². The van der Waals surface area contributed by atoms with Gasteiger partial charge in [-0.05, 0) is 25.7 Å². The Morgan fingerprint density at radius 1 is 1.38 bits per heavy atom. The summed E-state index contributed by atoms with van der Waals surface area (Å²) in [5.41, 5.74) is 0. The molecule has 2 rings (SSSR count). The number of hydrogen-bond acceptors (Lipinski definition) is 2. The molecule has 2 N–H and O–H groups in total. The number of nitrogens with one attached hydrogen (secondary N) is 2. The van der Waals surface area contributed by atoms with Crippen molar-refractivity contribution in [2.24, 2.45) is 0 Å². The molecule has 3 nitrogen and oxygen atoms in total. The second-order valence-corrected chi connectivity index (χ2v) is 4.23. The number of carbonyl (C=O) groups is 1. The van der Waals surface area contributed by atoms with Gasteiger partial charge >= 0.3 is 0 Å². The minimum atomic E-state index is 0.200. The minimum Gasteiger partial charge on any atom is -0.353 e. The van der Waals surface area contributed by atoms with Crippen molar-refractivity contribution in [1.82, 2.24) is 10.6 Å². The number of amides is 1. The number of piperidine rings is 1. The minimum absolute atomic E-state index is 0.200. The first-order valence-electron chi connectivity index (χ1n) is 5.33. The summed E-state index contributed by atoms with van der Waals surface area (Å²) in [4.78, 5) is 11.2. The van der Waals surface area contributed by atoms with Gasteiger partial charge in [0.2, 0.25) is 5.91 Å². The smallest absolute Gasteiger partial charge is 0.219 e. The lowest BCUT2D eigenvalue weighted by Gasteiger charge is -2.29. The van der Waals surface area contributed by atoms with Gasteiger partial charge in [-0.3, -0.25) is 4.79 Å². The van der Waals surface area contributed by atoms with Gasteiger partial charge in [-0.1, -0.05) is 6.92 Å². The summed E-state index contributed by atoms with van der Waals surface area (Å²) in [6.45, 7) is 1.91. The van der Waals surface area contributed by atoms with Gasteiger partial charge in [-0.15, -0.1) is 0 Å². The highest BCUT2D eigenvalue weighted by molar-refractivity contribution is 5.75. The van der Waals surface area contributed by atoms with Crippen molar-refractivity contribution < 1.29 is 4.79 Å². The lowest BCUT2D eigenvalue weighted by Crippen LogP contribution is -2.47. The molecule has 2 bridgehead atoms. The quantitative estimate of drug-likeness (QED) is 0.663. The third-order valence-electron chi connectivity index (χ3n) is 3.16. The van der Waals surface area contributed by atoms with Crippen LogP contribution in [0.15, 0.2) is 0 Å². The fourth-order valence-electron chi connectivity index (χ4n) is 2.50.